The number of hydrogen-bond donors (Lipinski definition) is 1. The number of ether oxygens (including phenoxy) is 1. The van der Waals surface area contributed by atoms with E-state index in [9.17, 15) is 26.3 Å². The highest BCUT2D eigenvalue weighted by molar-refractivity contribution is 7.89. The van der Waals surface area contributed by atoms with Crippen LogP contribution in [-0.4, -0.2) is 74.4 Å². The van der Waals surface area contributed by atoms with E-state index in [2.05, 4.69) is 4.98 Å². The molecule has 3 aromatic rings. The first-order chi connectivity index (χ1) is 18.0. The summed E-state index contributed by atoms with van der Waals surface area (Å²) in [7, 11) is -6.93. The van der Waals surface area contributed by atoms with Gasteiger partial charge in [0.15, 0.2) is 0 Å². The van der Waals surface area contributed by atoms with Crippen LogP contribution in [0.3, 0.4) is 0 Å². The number of rotatable bonds is 7. The van der Waals surface area contributed by atoms with E-state index in [4.69, 9.17) is 4.74 Å². The van der Waals surface area contributed by atoms with Crippen molar-refractivity contribution in [3.63, 3.8) is 0 Å². The van der Waals surface area contributed by atoms with Crippen LogP contribution in [0.15, 0.2) is 76.8 Å². The lowest BCUT2D eigenvalue weighted by molar-refractivity contribution is 0.0904. The second-order valence-electron chi connectivity index (χ2n) is 9.35. The van der Waals surface area contributed by atoms with E-state index >= 15 is 0 Å². The van der Waals surface area contributed by atoms with E-state index in [1.165, 1.54) is 35.6 Å². The number of aliphatic hydroxyl groups excluding tert-OH is 1. The Balaban J connectivity index is 1.78. The summed E-state index contributed by atoms with van der Waals surface area (Å²) >= 11 is 0. The molecule has 1 aliphatic heterocycles. The molecule has 0 saturated heterocycles. The molecule has 0 saturated carbocycles. The fraction of sp³-hybridized carbons (Fsp3) is 0.346. The molecule has 9 nitrogen and oxygen atoms in total. The van der Waals surface area contributed by atoms with Gasteiger partial charge in [-0.25, -0.2) is 21.2 Å². The number of aromatic nitrogens is 1. The summed E-state index contributed by atoms with van der Waals surface area (Å²) in [5.74, 6) is -1.30. The first-order valence-electron chi connectivity index (χ1n) is 12.0. The molecule has 0 radical (unpaired) electrons. The Morgan fingerprint density at radius 1 is 1.16 bits per heavy atom. The zero-order chi connectivity index (χ0) is 27.7. The smallest absolute Gasteiger partial charge is 0.247 e. The molecule has 4 rings (SSSR count). The minimum absolute atomic E-state index is 0.0200. The summed E-state index contributed by atoms with van der Waals surface area (Å²) in [6.45, 7) is 2.76. The maximum absolute atomic E-state index is 14.3. The molecule has 0 unspecified atom stereocenters. The third-order valence-electron chi connectivity index (χ3n) is 6.64. The zero-order valence-electron chi connectivity index (χ0n) is 21.2. The monoisotopic (exact) mass is 563 g/mol. The van der Waals surface area contributed by atoms with Crippen LogP contribution in [-0.2, 0) is 20.0 Å². The molecule has 0 fully saturated rings. The molecule has 0 amide bonds. The largest absolute Gasteiger partial charge is 0.487 e. The average molecular weight is 564 g/mol. The second kappa shape index (κ2) is 11.1. The van der Waals surface area contributed by atoms with Gasteiger partial charge in [0.05, 0.1) is 13.2 Å². The first-order valence-corrected chi connectivity index (χ1v) is 14.9. The van der Waals surface area contributed by atoms with Gasteiger partial charge in [-0.2, -0.15) is 8.61 Å². The Hall–Kier alpha value is -2.90. The van der Waals surface area contributed by atoms with E-state index in [-0.39, 0.29) is 23.7 Å². The predicted molar refractivity (Wildman–Crippen MR) is 140 cm³/mol. The van der Waals surface area contributed by atoms with Crippen LogP contribution in [0.1, 0.15) is 13.8 Å². The highest BCUT2D eigenvalue weighted by Crippen LogP contribution is 2.36. The molecule has 3 atom stereocenters. The summed E-state index contributed by atoms with van der Waals surface area (Å²) < 4.78 is 76.5. The van der Waals surface area contributed by atoms with Crippen molar-refractivity contribution in [2.24, 2.45) is 5.92 Å². The molecule has 2 aromatic carbocycles. The van der Waals surface area contributed by atoms with Gasteiger partial charge in [-0.15, -0.1) is 0 Å². The van der Waals surface area contributed by atoms with Crippen molar-refractivity contribution in [2.45, 2.75) is 35.8 Å². The summed E-state index contributed by atoms with van der Waals surface area (Å²) in [5.41, 5.74) is 1.47. The van der Waals surface area contributed by atoms with Crippen LogP contribution in [0.2, 0.25) is 0 Å². The number of likely N-dealkylation sites (N-methyl/N-ethyl adjacent to an activating group) is 1. The molecule has 1 N–H and O–H groups in total. The van der Waals surface area contributed by atoms with E-state index < -0.39 is 55.4 Å². The number of nitrogens with zero attached hydrogens (tertiary/aromatic N) is 3. The molecule has 0 spiro atoms. The Morgan fingerprint density at radius 2 is 1.84 bits per heavy atom. The lowest BCUT2D eigenvalue weighted by Gasteiger charge is -2.37. The van der Waals surface area contributed by atoms with Crippen molar-refractivity contribution in [1.29, 1.82) is 0 Å². The van der Waals surface area contributed by atoms with Crippen LogP contribution in [0.4, 0.5) is 4.39 Å². The molecule has 1 aliphatic rings. The van der Waals surface area contributed by atoms with Crippen molar-refractivity contribution in [3.05, 3.63) is 72.8 Å². The van der Waals surface area contributed by atoms with Gasteiger partial charge in [-0.1, -0.05) is 25.1 Å². The number of halogens is 1. The molecular weight excluding hydrogens is 533 g/mol. The van der Waals surface area contributed by atoms with Crippen molar-refractivity contribution >= 4 is 20.0 Å². The average Bonchev–Trinajstić information content (AvgIpc) is 2.90. The van der Waals surface area contributed by atoms with Crippen LogP contribution >= 0.6 is 0 Å². The Kier molecular flexibility index (Phi) is 8.19. The van der Waals surface area contributed by atoms with Gasteiger partial charge in [-0.05, 0) is 54.4 Å². The number of hydrogen-bond acceptors (Lipinski definition) is 7. The van der Waals surface area contributed by atoms with Crippen LogP contribution in [0, 0.1) is 11.7 Å². The summed E-state index contributed by atoms with van der Waals surface area (Å²) in [5, 5.41) is 9.81. The number of pyridine rings is 1. The number of sulfonamides is 2. The standard InChI is InChI=1S/C26H30FN3O6S2/c1-18-15-30(19(2)17-31)38(34,35)26-9-8-21(20-10-12-28-13-11-20)14-23(26)36-24(18)16-29(3)37(32,33)25-7-5-4-6-22(25)27/h4-14,18-19,24,31H,15-17H2,1-3H3/t18-,19+,24-/m1/s1. The Morgan fingerprint density at radius 3 is 2.50 bits per heavy atom. The van der Waals surface area contributed by atoms with Crippen molar-refractivity contribution in [1.82, 2.24) is 13.6 Å². The van der Waals surface area contributed by atoms with Gasteiger partial charge in [0, 0.05) is 37.9 Å². The Bertz CT molecular complexity index is 1500. The fourth-order valence-corrected chi connectivity index (χ4v) is 7.41. The first kappa shape index (κ1) is 28.1. The molecule has 38 heavy (non-hydrogen) atoms. The SMILES string of the molecule is C[C@@H]1CN([C@@H](C)CO)S(=O)(=O)c2ccc(-c3ccncc3)cc2O[C@@H]1CN(C)S(=O)(=O)c1ccccc1F. The highest BCUT2D eigenvalue weighted by Gasteiger charge is 2.39. The molecule has 2 heterocycles. The third kappa shape index (κ3) is 5.45. The third-order valence-corrected chi connectivity index (χ3v) is 10.5. The topological polar surface area (TPSA) is 117 Å². The van der Waals surface area contributed by atoms with Gasteiger partial charge in [0.25, 0.3) is 0 Å². The van der Waals surface area contributed by atoms with Gasteiger partial charge < -0.3 is 9.84 Å². The van der Waals surface area contributed by atoms with E-state index in [0.29, 0.717) is 5.56 Å². The molecule has 12 heteroatoms. The van der Waals surface area contributed by atoms with E-state index in [0.717, 1.165) is 15.9 Å². The van der Waals surface area contributed by atoms with Crippen LogP contribution < -0.4 is 4.74 Å². The molecule has 204 valence electrons. The number of aliphatic hydroxyl groups is 1. The van der Waals surface area contributed by atoms with Gasteiger partial charge in [-0.3, -0.25) is 4.98 Å². The van der Waals surface area contributed by atoms with Crippen LogP contribution in [0.5, 0.6) is 5.75 Å². The maximum Gasteiger partial charge on any atom is 0.247 e. The lowest BCUT2D eigenvalue weighted by Crippen LogP contribution is -2.50. The molecule has 1 aromatic heterocycles. The number of fused-ring (bicyclic) bond motifs is 1. The zero-order valence-corrected chi connectivity index (χ0v) is 22.9. The molecule has 0 bridgehead atoms. The lowest BCUT2D eigenvalue weighted by atomic mass is 10.0. The fourth-order valence-electron chi connectivity index (χ4n) is 4.34. The second-order valence-corrected chi connectivity index (χ2v) is 13.2. The van der Waals surface area contributed by atoms with Crippen molar-refractivity contribution in [3.8, 4) is 16.9 Å². The minimum atomic E-state index is -4.20. The molecular formula is C26H30FN3O6S2. The quantitative estimate of drug-likeness (QED) is 0.470. The summed E-state index contributed by atoms with van der Waals surface area (Å²) in [4.78, 5) is 3.46. The Labute approximate surface area is 222 Å². The minimum Gasteiger partial charge on any atom is -0.487 e. The molecule has 0 aliphatic carbocycles. The maximum atomic E-state index is 14.3. The van der Waals surface area contributed by atoms with Crippen LogP contribution in [0.25, 0.3) is 11.1 Å². The predicted octanol–water partition coefficient (Wildman–Crippen LogP) is 2.98. The van der Waals surface area contributed by atoms with Gasteiger partial charge in [0.2, 0.25) is 20.0 Å². The van der Waals surface area contributed by atoms with Gasteiger partial charge in [0.1, 0.15) is 27.5 Å². The van der Waals surface area contributed by atoms with E-state index in [1.807, 2.05) is 0 Å². The van der Waals surface area contributed by atoms with Crippen molar-refractivity contribution < 1.29 is 31.1 Å². The van der Waals surface area contributed by atoms with E-state index in [1.54, 1.807) is 50.5 Å². The van der Waals surface area contributed by atoms with Crippen molar-refractivity contribution in [2.75, 3.05) is 26.7 Å². The normalized spacial score (nSPS) is 20.7. The summed E-state index contributed by atoms with van der Waals surface area (Å²) in [6, 6.07) is 12.6. The van der Waals surface area contributed by atoms with Gasteiger partial charge >= 0.3 is 0 Å². The number of benzene rings is 2. The summed E-state index contributed by atoms with van der Waals surface area (Å²) in [6.07, 6.45) is 2.43. The highest BCUT2D eigenvalue weighted by atomic mass is 32.2.